The number of imide groups is 1. The molecule has 0 atom stereocenters. The fourth-order valence-corrected chi connectivity index (χ4v) is 3.05. The number of carboxylic acid groups (broad SMARTS) is 1. The van der Waals surface area contributed by atoms with Gasteiger partial charge in [-0.25, -0.2) is 4.79 Å². The second-order valence-corrected chi connectivity index (χ2v) is 6.51. The molecule has 0 radical (unpaired) electrons. The molecule has 2 aromatic carbocycles. The molecule has 2 aromatic rings. The fourth-order valence-electron chi connectivity index (χ4n) is 3.05. The van der Waals surface area contributed by atoms with E-state index in [1.807, 2.05) is 13.0 Å². The van der Waals surface area contributed by atoms with Crippen molar-refractivity contribution in [3.63, 3.8) is 0 Å². The van der Waals surface area contributed by atoms with Crippen LogP contribution in [0.2, 0.25) is 0 Å². The number of benzene rings is 2. The molecule has 8 nitrogen and oxygen atoms in total. The lowest BCUT2D eigenvalue weighted by molar-refractivity contribution is 0.0648. The summed E-state index contributed by atoms with van der Waals surface area (Å²) >= 11 is 0. The van der Waals surface area contributed by atoms with Gasteiger partial charge >= 0.3 is 5.97 Å². The minimum atomic E-state index is -1.29. The molecule has 0 saturated heterocycles. The highest BCUT2D eigenvalue weighted by atomic mass is 16.4. The molecule has 0 saturated carbocycles. The molecule has 3 amide bonds. The Labute approximate surface area is 166 Å². The van der Waals surface area contributed by atoms with Crippen LogP contribution < -0.4 is 5.32 Å². The van der Waals surface area contributed by atoms with Crippen LogP contribution in [0, 0.1) is 11.3 Å². The zero-order valence-corrected chi connectivity index (χ0v) is 15.6. The molecule has 2 N–H and O–H groups in total. The van der Waals surface area contributed by atoms with Crippen LogP contribution in [0.25, 0.3) is 0 Å². The Morgan fingerprint density at radius 3 is 2.48 bits per heavy atom. The van der Waals surface area contributed by atoms with E-state index in [1.54, 1.807) is 0 Å². The molecule has 146 valence electrons. The minimum absolute atomic E-state index is 0.0222. The van der Waals surface area contributed by atoms with Crippen molar-refractivity contribution >= 4 is 29.4 Å². The van der Waals surface area contributed by atoms with Crippen LogP contribution >= 0.6 is 0 Å². The molecule has 0 fully saturated rings. The smallest absolute Gasteiger partial charge is 0.337 e. The van der Waals surface area contributed by atoms with Crippen molar-refractivity contribution in [2.24, 2.45) is 0 Å². The van der Waals surface area contributed by atoms with Crippen LogP contribution in [0.5, 0.6) is 0 Å². The Balaban J connectivity index is 1.88. The number of carbonyl (C=O) groups excluding carboxylic acids is 3. The number of rotatable bonds is 6. The van der Waals surface area contributed by atoms with Crippen molar-refractivity contribution in [1.29, 1.82) is 5.26 Å². The third-order valence-corrected chi connectivity index (χ3v) is 4.60. The van der Waals surface area contributed by atoms with E-state index in [4.69, 9.17) is 5.26 Å². The van der Waals surface area contributed by atoms with E-state index in [0.29, 0.717) is 13.0 Å². The molecule has 1 heterocycles. The summed E-state index contributed by atoms with van der Waals surface area (Å²) in [5, 5.41) is 20.7. The first-order chi connectivity index (χ1) is 13.9. The van der Waals surface area contributed by atoms with Gasteiger partial charge in [-0.15, -0.1) is 0 Å². The maximum absolute atomic E-state index is 12.6. The van der Waals surface area contributed by atoms with Gasteiger partial charge in [-0.05, 0) is 42.8 Å². The highest BCUT2D eigenvalue weighted by Gasteiger charge is 2.35. The van der Waals surface area contributed by atoms with Crippen LogP contribution in [-0.4, -0.2) is 40.2 Å². The molecule has 8 heteroatoms. The van der Waals surface area contributed by atoms with Crippen molar-refractivity contribution in [1.82, 2.24) is 4.90 Å². The molecular formula is C21H17N3O5. The molecule has 0 aromatic heterocycles. The number of fused-ring (bicyclic) bond motifs is 1. The summed E-state index contributed by atoms with van der Waals surface area (Å²) in [5.74, 6) is -2.76. The minimum Gasteiger partial charge on any atom is -0.478 e. The number of carboxylic acids is 1. The average molecular weight is 391 g/mol. The number of hydrogen-bond donors (Lipinski definition) is 2. The lowest BCUT2D eigenvalue weighted by Crippen LogP contribution is -2.30. The Morgan fingerprint density at radius 1 is 1.10 bits per heavy atom. The van der Waals surface area contributed by atoms with Crippen LogP contribution in [-0.2, 0) is 0 Å². The SMILES string of the molecule is CCCCN1C(=O)c2ccc(C(=O)Nc3ccc(C#N)cc3C(=O)O)cc2C1=O. The van der Waals surface area contributed by atoms with Crippen molar-refractivity contribution in [2.75, 3.05) is 11.9 Å². The van der Waals surface area contributed by atoms with Crippen LogP contribution in [0.3, 0.4) is 0 Å². The van der Waals surface area contributed by atoms with Crippen LogP contribution in [0.4, 0.5) is 5.69 Å². The monoisotopic (exact) mass is 391 g/mol. The van der Waals surface area contributed by atoms with Gasteiger partial charge in [-0.2, -0.15) is 5.26 Å². The van der Waals surface area contributed by atoms with E-state index in [9.17, 15) is 24.3 Å². The summed E-state index contributed by atoms with van der Waals surface area (Å²) in [5.41, 5.74) is 0.450. The first kappa shape index (κ1) is 19.8. The van der Waals surface area contributed by atoms with Gasteiger partial charge < -0.3 is 10.4 Å². The maximum atomic E-state index is 12.6. The van der Waals surface area contributed by atoms with Crippen molar-refractivity contribution in [2.45, 2.75) is 19.8 Å². The molecule has 3 rings (SSSR count). The van der Waals surface area contributed by atoms with E-state index in [0.717, 1.165) is 12.5 Å². The van der Waals surface area contributed by atoms with Gasteiger partial charge in [0.15, 0.2) is 0 Å². The van der Waals surface area contributed by atoms with Gasteiger partial charge in [-0.1, -0.05) is 13.3 Å². The van der Waals surface area contributed by atoms with E-state index in [1.165, 1.54) is 35.2 Å². The lowest BCUT2D eigenvalue weighted by atomic mass is 10.0. The molecule has 1 aliphatic heterocycles. The molecular weight excluding hydrogens is 374 g/mol. The van der Waals surface area contributed by atoms with Gasteiger partial charge in [0.2, 0.25) is 0 Å². The number of carbonyl (C=O) groups is 4. The van der Waals surface area contributed by atoms with E-state index < -0.39 is 17.8 Å². The zero-order valence-electron chi connectivity index (χ0n) is 15.6. The topological polar surface area (TPSA) is 128 Å². The molecule has 29 heavy (non-hydrogen) atoms. The first-order valence-electron chi connectivity index (χ1n) is 8.96. The number of aromatic carboxylic acids is 1. The zero-order chi connectivity index (χ0) is 21.1. The number of unbranched alkanes of at least 4 members (excludes halogenated alkanes) is 1. The predicted molar refractivity (Wildman–Crippen MR) is 103 cm³/mol. The second kappa shape index (κ2) is 7.94. The summed E-state index contributed by atoms with van der Waals surface area (Å²) in [6, 6.07) is 9.88. The van der Waals surface area contributed by atoms with E-state index in [-0.39, 0.29) is 39.4 Å². The lowest BCUT2D eigenvalue weighted by Gasteiger charge is -2.12. The third kappa shape index (κ3) is 3.71. The van der Waals surface area contributed by atoms with Gasteiger partial charge in [0.05, 0.1) is 34.0 Å². The summed E-state index contributed by atoms with van der Waals surface area (Å²) in [6.45, 7) is 2.27. The number of anilines is 1. The van der Waals surface area contributed by atoms with Gasteiger partial charge in [0.25, 0.3) is 17.7 Å². The molecule has 0 unspecified atom stereocenters. The van der Waals surface area contributed by atoms with Crippen molar-refractivity contribution < 1.29 is 24.3 Å². The second-order valence-electron chi connectivity index (χ2n) is 6.51. The Kier molecular flexibility index (Phi) is 5.41. The van der Waals surface area contributed by atoms with E-state index >= 15 is 0 Å². The van der Waals surface area contributed by atoms with E-state index in [2.05, 4.69) is 5.32 Å². The normalized spacial score (nSPS) is 12.5. The quantitative estimate of drug-likeness (QED) is 0.729. The summed E-state index contributed by atoms with van der Waals surface area (Å²) in [6.07, 6.45) is 1.52. The molecule has 0 spiro atoms. The molecule has 1 aliphatic rings. The highest BCUT2D eigenvalue weighted by molar-refractivity contribution is 6.22. The van der Waals surface area contributed by atoms with Crippen LogP contribution in [0.15, 0.2) is 36.4 Å². The molecule has 0 aliphatic carbocycles. The van der Waals surface area contributed by atoms with Crippen LogP contribution in [0.1, 0.15) is 66.8 Å². The Bertz CT molecular complexity index is 1080. The largest absolute Gasteiger partial charge is 0.478 e. The summed E-state index contributed by atoms with van der Waals surface area (Å²) < 4.78 is 0. The average Bonchev–Trinajstić information content (AvgIpc) is 2.96. The van der Waals surface area contributed by atoms with Gasteiger partial charge in [0.1, 0.15) is 0 Å². The van der Waals surface area contributed by atoms with Gasteiger partial charge in [-0.3, -0.25) is 19.3 Å². The fraction of sp³-hybridized carbons (Fsp3) is 0.190. The number of hydrogen-bond acceptors (Lipinski definition) is 5. The Hall–Kier alpha value is -3.99. The Morgan fingerprint density at radius 2 is 1.83 bits per heavy atom. The summed E-state index contributed by atoms with van der Waals surface area (Å²) in [7, 11) is 0. The number of nitriles is 1. The van der Waals surface area contributed by atoms with Gasteiger partial charge in [0, 0.05) is 12.1 Å². The predicted octanol–water partition coefficient (Wildman–Crippen LogP) is 2.90. The van der Waals surface area contributed by atoms with Crippen molar-refractivity contribution in [3.05, 3.63) is 64.2 Å². The summed E-state index contributed by atoms with van der Waals surface area (Å²) in [4.78, 5) is 50.1. The maximum Gasteiger partial charge on any atom is 0.337 e. The number of amides is 3. The van der Waals surface area contributed by atoms with Crippen molar-refractivity contribution in [3.8, 4) is 6.07 Å². The third-order valence-electron chi connectivity index (χ3n) is 4.60. The molecule has 0 bridgehead atoms. The first-order valence-corrected chi connectivity index (χ1v) is 8.96. The highest BCUT2D eigenvalue weighted by Crippen LogP contribution is 2.25. The number of nitrogens with zero attached hydrogens (tertiary/aromatic N) is 2. The number of nitrogens with one attached hydrogen (secondary N) is 1. The standard InChI is InChI=1S/C21H17N3O5/c1-2-3-8-24-19(26)14-6-5-13(10-15(14)20(24)27)18(25)23-17-7-4-12(11-22)9-16(17)21(28)29/h4-7,9-10H,2-3,8H2,1H3,(H,23,25)(H,28,29).